The number of aliphatic hydroxyl groups excluding tert-OH is 1. The number of aromatic nitrogens is 1. The van der Waals surface area contributed by atoms with Gasteiger partial charge in [0.25, 0.3) is 5.56 Å². The Morgan fingerprint density at radius 2 is 1.87 bits per heavy atom. The number of ether oxygens (including phenoxy) is 1. The maximum Gasteiger partial charge on any atom is 0.337 e. The van der Waals surface area contributed by atoms with Gasteiger partial charge in [0.2, 0.25) is 0 Å². The Morgan fingerprint density at radius 3 is 2.43 bits per heavy atom. The first-order valence-corrected chi connectivity index (χ1v) is 7.59. The normalized spacial score (nSPS) is 10.6. The van der Waals surface area contributed by atoms with Crippen LogP contribution in [0.15, 0.2) is 35.1 Å². The maximum absolute atomic E-state index is 12.1. The van der Waals surface area contributed by atoms with Crippen molar-refractivity contribution >= 4 is 29.2 Å². The van der Waals surface area contributed by atoms with E-state index in [4.69, 9.17) is 23.2 Å². The van der Waals surface area contributed by atoms with Gasteiger partial charge in [0.05, 0.1) is 30.0 Å². The minimum Gasteiger partial charge on any atom is -0.465 e. The average Bonchev–Trinajstić information content (AvgIpc) is 2.56. The lowest BCUT2D eigenvalue weighted by Gasteiger charge is -2.13. The molecule has 1 N–H and O–H groups in total. The number of pyridine rings is 1. The summed E-state index contributed by atoms with van der Waals surface area (Å²) in [4.78, 5) is 23.5. The molecule has 2 aromatic rings. The van der Waals surface area contributed by atoms with E-state index in [1.54, 1.807) is 24.3 Å². The standard InChI is InChI=1S/C16H15Cl2NO4/c1-23-16(22)11-4-2-10(3-5-11)6-7-19-14(9-20)12(17)8-13(18)15(19)21/h2-5,8,20H,6-7,9H2,1H3. The van der Waals surface area contributed by atoms with Crippen LogP contribution >= 0.6 is 23.2 Å². The quantitative estimate of drug-likeness (QED) is 0.837. The summed E-state index contributed by atoms with van der Waals surface area (Å²) in [7, 11) is 1.32. The number of carbonyl (C=O) groups excluding carboxylic acids is 1. The minimum absolute atomic E-state index is 0.00763. The number of hydrogen-bond donors (Lipinski definition) is 1. The van der Waals surface area contributed by atoms with Crippen LogP contribution in [0.3, 0.4) is 0 Å². The molecule has 5 nitrogen and oxygen atoms in total. The van der Waals surface area contributed by atoms with Gasteiger partial charge in [-0.25, -0.2) is 4.79 Å². The first kappa shape index (κ1) is 17.5. The molecule has 7 heteroatoms. The third-order valence-corrected chi connectivity index (χ3v) is 4.05. The van der Waals surface area contributed by atoms with Crippen LogP contribution in [0.25, 0.3) is 0 Å². The molecule has 0 aliphatic rings. The van der Waals surface area contributed by atoms with E-state index in [2.05, 4.69) is 4.74 Å². The van der Waals surface area contributed by atoms with Gasteiger partial charge in [0.1, 0.15) is 5.02 Å². The number of benzene rings is 1. The molecule has 0 fully saturated rings. The van der Waals surface area contributed by atoms with Crippen molar-refractivity contribution in [2.45, 2.75) is 19.6 Å². The predicted molar refractivity (Wildman–Crippen MR) is 88.1 cm³/mol. The molecule has 0 unspecified atom stereocenters. The first-order valence-electron chi connectivity index (χ1n) is 6.83. The lowest BCUT2D eigenvalue weighted by Crippen LogP contribution is -2.25. The molecule has 1 aromatic heterocycles. The van der Waals surface area contributed by atoms with Crippen molar-refractivity contribution in [1.82, 2.24) is 4.57 Å². The summed E-state index contributed by atoms with van der Waals surface area (Å²) in [6.45, 7) is -0.0426. The first-order chi connectivity index (χ1) is 11.0. The Hall–Kier alpha value is -1.82. The number of rotatable bonds is 5. The van der Waals surface area contributed by atoms with E-state index < -0.39 is 11.5 Å². The van der Waals surface area contributed by atoms with Crippen molar-refractivity contribution in [2.24, 2.45) is 0 Å². The van der Waals surface area contributed by atoms with Crippen LogP contribution in [0, 0.1) is 0 Å². The molecule has 0 saturated carbocycles. The van der Waals surface area contributed by atoms with Gasteiger partial charge in [-0.05, 0) is 30.2 Å². The van der Waals surface area contributed by atoms with Crippen molar-refractivity contribution < 1.29 is 14.6 Å². The van der Waals surface area contributed by atoms with Crippen LogP contribution in [0.1, 0.15) is 21.6 Å². The Morgan fingerprint density at radius 1 is 1.22 bits per heavy atom. The molecule has 1 heterocycles. The number of hydrogen-bond acceptors (Lipinski definition) is 4. The van der Waals surface area contributed by atoms with Crippen LogP contribution in [0.2, 0.25) is 10.0 Å². The summed E-state index contributed by atoms with van der Waals surface area (Å²) in [5.41, 5.74) is 1.30. The molecule has 0 aliphatic carbocycles. The highest BCUT2D eigenvalue weighted by molar-refractivity contribution is 6.34. The third-order valence-electron chi connectivity index (χ3n) is 3.45. The summed E-state index contributed by atoms with van der Waals surface area (Å²) in [5.74, 6) is -0.406. The molecule has 122 valence electrons. The van der Waals surface area contributed by atoms with Crippen LogP contribution < -0.4 is 5.56 Å². The lowest BCUT2D eigenvalue weighted by atomic mass is 10.1. The molecule has 0 bridgehead atoms. The van der Waals surface area contributed by atoms with Crippen molar-refractivity contribution in [1.29, 1.82) is 0 Å². The number of methoxy groups -OCH3 is 1. The smallest absolute Gasteiger partial charge is 0.337 e. The molecule has 0 amide bonds. The molecule has 0 saturated heterocycles. The van der Waals surface area contributed by atoms with Gasteiger partial charge in [-0.15, -0.1) is 0 Å². The zero-order chi connectivity index (χ0) is 17.0. The van der Waals surface area contributed by atoms with E-state index in [9.17, 15) is 14.7 Å². The van der Waals surface area contributed by atoms with Gasteiger partial charge in [-0.2, -0.15) is 0 Å². The van der Waals surface area contributed by atoms with Gasteiger partial charge in [0.15, 0.2) is 0 Å². The van der Waals surface area contributed by atoms with E-state index in [1.807, 2.05) is 0 Å². The van der Waals surface area contributed by atoms with Gasteiger partial charge >= 0.3 is 5.97 Å². The number of esters is 1. The van der Waals surface area contributed by atoms with Gasteiger partial charge in [0, 0.05) is 6.54 Å². The monoisotopic (exact) mass is 355 g/mol. The average molecular weight is 356 g/mol. The maximum atomic E-state index is 12.1. The fraction of sp³-hybridized carbons (Fsp3) is 0.250. The van der Waals surface area contributed by atoms with Crippen LogP contribution in [-0.2, 0) is 24.3 Å². The Labute approximate surface area is 143 Å². The Balaban J connectivity index is 2.21. The second kappa shape index (κ2) is 7.64. The zero-order valence-corrected chi connectivity index (χ0v) is 13.9. The SMILES string of the molecule is COC(=O)c1ccc(CCn2c(CO)c(Cl)cc(Cl)c2=O)cc1. The van der Waals surface area contributed by atoms with E-state index >= 15 is 0 Å². The van der Waals surface area contributed by atoms with Crippen molar-refractivity contribution in [2.75, 3.05) is 7.11 Å². The minimum atomic E-state index is -0.406. The van der Waals surface area contributed by atoms with Crippen LogP contribution in [-0.4, -0.2) is 22.8 Å². The molecule has 0 aliphatic heterocycles. The van der Waals surface area contributed by atoms with E-state index in [0.29, 0.717) is 24.2 Å². The molecule has 2 rings (SSSR count). The molecular formula is C16H15Cl2NO4. The fourth-order valence-corrected chi connectivity index (χ4v) is 2.74. The molecule has 0 atom stereocenters. The summed E-state index contributed by atoms with van der Waals surface area (Å²) in [6, 6.07) is 8.20. The van der Waals surface area contributed by atoms with Gasteiger partial charge in [-0.3, -0.25) is 4.79 Å². The molecule has 0 radical (unpaired) electrons. The number of aliphatic hydroxyl groups is 1. The van der Waals surface area contributed by atoms with Crippen LogP contribution in [0.5, 0.6) is 0 Å². The summed E-state index contributed by atoms with van der Waals surface area (Å²) < 4.78 is 6.00. The highest BCUT2D eigenvalue weighted by Crippen LogP contribution is 2.18. The zero-order valence-electron chi connectivity index (χ0n) is 12.4. The largest absolute Gasteiger partial charge is 0.465 e. The van der Waals surface area contributed by atoms with E-state index in [-0.39, 0.29) is 16.7 Å². The molecule has 23 heavy (non-hydrogen) atoms. The van der Waals surface area contributed by atoms with Crippen molar-refractivity contribution in [3.8, 4) is 0 Å². The number of halogens is 2. The van der Waals surface area contributed by atoms with E-state index in [1.165, 1.54) is 17.7 Å². The summed E-state index contributed by atoms with van der Waals surface area (Å²) in [5, 5.41) is 9.65. The lowest BCUT2D eigenvalue weighted by molar-refractivity contribution is 0.0600. The summed E-state index contributed by atoms with van der Waals surface area (Å²) in [6.07, 6.45) is 0.519. The number of aryl methyl sites for hydroxylation is 1. The van der Waals surface area contributed by atoms with Gasteiger partial charge < -0.3 is 14.4 Å². The van der Waals surface area contributed by atoms with Gasteiger partial charge in [-0.1, -0.05) is 35.3 Å². The second-order valence-electron chi connectivity index (χ2n) is 4.84. The molecule has 1 aromatic carbocycles. The molecule has 0 spiro atoms. The number of nitrogens with zero attached hydrogens (tertiary/aromatic N) is 1. The molecular weight excluding hydrogens is 341 g/mol. The third kappa shape index (κ3) is 3.93. The highest BCUT2D eigenvalue weighted by atomic mass is 35.5. The second-order valence-corrected chi connectivity index (χ2v) is 5.65. The summed E-state index contributed by atoms with van der Waals surface area (Å²) >= 11 is 11.9. The van der Waals surface area contributed by atoms with Crippen LogP contribution in [0.4, 0.5) is 0 Å². The Kier molecular flexibility index (Phi) is 5.82. The van der Waals surface area contributed by atoms with Crippen molar-refractivity contribution in [3.05, 3.63) is 67.6 Å². The number of carbonyl (C=O) groups is 1. The highest BCUT2D eigenvalue weighted by Gasteiger charge is 2.12. The fourth-order valence-electron chi connectivity index (χ4n) is 2.20. The topological polar surface area (TPSA) is 68.5 Å². The Bertz CT molecular complexity index is 769. The van der Waals surface area contributed by atoms with E-state index in [0.717, 1.165) is 5.56 Å². The van der Waals surface area contributed by atoms with Crippen molar-refractivity contribution in [3.63, 3.8) is 0 Å². The predicted octanol–water partition coefficient (Wildman–Crippen LogP) is 2.68.